The minimum atomic E-state index is -1.60. The fourth-order valence-corrected chi connectivity index (χ4v) is 2.13. The van der Waals surface area contributed by atoms with E-state index in [1.165, 1.54) is 4.90 Å². The number of piperazine rings is 1. The smallest absolute Gasteiger partial charge is 0.257 e. The van der Waals surface area contributed by atoms with Crippen molar-refractivity contribution in [3.05, 3.63) is 35.1 Å². The van der Waals surface area contributed by atoms with E-state index in [0.29, 0.717) is 26.2 Å². The minimum Gasteiger partial charge on any atom is -0.336 e. The molecular weight excluding hydrogens is 257 g/mol. The third-order valence-corrected chi connectivity index (χ3v) is 3.37. The molecule has 0 bridgehead atoms. The quantitative estimate of drug-likeness (QED) is 0.767. The molecule has 1 aromatic rings. The Hall–Kier alpha value is -1.56. The van der Waals surface area contributed by atoms with Gasteiger partial charge in [0.25, 0.3) is 5.91 Å². The summed E-state index contributed by atoms with van der Waals surface area (Å²) in [6.07, 6.45) is 0. The molecule has 2 rings (SSSR count). The zero-order chi connectivity index (χ0) is 14.0. The number of rotatable bonds is 2. The van der Waals surface area contributed by atoms with Gasteiger partial charge in [-0.05, 0) is 18.7 Å². The first-order valence-electron chi connectivity index (χ1n) is 6.19. The van der Waals surface area contributed by atoms with Crippen LogP contribution in [-0.2, 0) is 0 Å². The van der Waals surface area contributed by atoms with Crippen LogP contribution in [0.2, 0.25) is 0 Å². The van der Waals surface area contributed by atoms with Crippen LogP contribution in [-0.4, -0.2) is 48.4 Å². The molecular formula is C13H15F3N2O. The molecule has 0 N–H and O–H groups in total. The average Bonchev–Trinajstić information content (AvgIpc) is 2.44. The van der Waals surface area contributed by atoms with Crippen LogP contribution in [0.1, 0.15) is 17.3 Å². The van der Waals surface area contributed by atoms with Crippen LogP contribution in [0.15, 0.2) is 12.1 Å². The standard InChI is InChI=1S/C13H15F3N2O/c1-2-17-5-7-18(8-6-17)13(19)9-3-4-10(14)12(16)11(9)15/h3-4H,2,5-8H2,1H3. The van der Waals surface area contributed by atoms with Crippen LogP contribution in [0.4, 0.5) is 13.2 Å². The highest BCUT2D eigenvalue weighted by Gasteiger charge is 2.25. The van der Waals surface area contributed by atoms with E-state index in [4.69, 9.17) is 0 Å². The number of halogens is 3. The van der Waals surface area contributed by atoms with E-state index in [0.717, 1.165) is 18.7 Å². The molecule has 1 aromatic carbocycles. The number of likely N-dealkylation sites (N-methyl/N-ethyl adjacent to an activating group) is 1. The summed E-state index contributed by atoms with van der Waals surface area (Å²) < 4.78 is 39.5. The topological polar surface area (TPSA) is 23.6 Å². The summed E-state index contributed by atoms with van der Waals surface area (Å²) in [6.45, 7) is 5.24. The minimum absolute atomic E-state index is 0.413. The van der Waals surface area contributed by atoms with Gasteiger partial charge in [-0.15, -0.1) is 0 Å². The Bertz CT molecular complexity index is 485. The van der Waals surface area contributed by atoms with Gasteiger partial charge in [-0.3, -0.25) is 4.79 Å². The summed E-state index contributed by atoms with van der Waals surface area (Å²) in [5.41, 5.74) is -0.413. The van der Waals surface area contributed by atoms with Crippen LogP contribution in [0.3, 0.4) is 0 Å². The highest BCUT2D eigenvalue weighted by atomic mass is 19.2. The second kappa shape index (κ2) is 5.61. The van der Waals surface area contributed by atoms with Gasteiger partial charge in [-0.25, -0.2) is 13.2 Å². The lowest BCUT2D eigenvalue weighted by Crippen LogP contribution is -2.48. The Kier molecular flexibility index (Phi) is 4.09. The van der Waals surface area contributed by atoms with E-state index >= 15 is 0 Å². The number of hydrogen-bond acceptors (Lipinski definition) is 2. The molecule has 1 amide bonds. The predicted molar refractivity (Wildman–Crippen MR) is 64.3 cm³/mol. The molecule has 1 aliphatic heterocycles. The molecule has 6 heteroatoms. The van der Waals surface area contributed by atoms with Crippen molar-refractivity contribution in [2.75, 3.05) is 32.7 Å². The molecule has 0 radical (unpaired) electrons. The van der Waals surface area contributed by atoms with Crippen LogP contribution < -0.4 is 0 Å². The predicted octanol–water partition coefficient (Wildman–Crippen LogP) is 1.88. The highest BCUT2D eigenvalue weighted by Crippen LogP contribution is 2.17. The maximum absolute atomic E-state index is 13.5. The van der Waals surface area contributed by atoms with Gasteiger partial charge in [0.05, 0.1) is 5.56 Å². The van der Waals surface area contributed by atoms with Crippen molar-refractivity contribution in [1.29, 1.82) is 0 Å². The van der Waals surface area contributed by atoms with E-state index in [1.54, 1.807) is 0 Å². The second-order valence-corrected chi connectivity index (χ2v) is 4.45. The van der Waals surface area contributed by atoms with Crippen molar-refractivity contribution < 1.29 is 18.0 Å². The molecule has 0 spiro atoms. The van der Waals surface area contributed by atoms with E-state index < -0.39 is 28.9 Å². The van der Waals surface area contributed by atoms with E-state index in [1.807, 2.05) is 6.92 Å². The van der Waals surface area contributed by atoms with Crippen LogP contribution >= 0.6 is 0 Å². The van der Waals surface area contributed by atoms with Crippen molar-refractivity contribution >= 4 is 5.91 Å². The van der Waals surface area contributed by atoms with Crippen LogP contribution in [0, 0.1) is 17.5 Å². The summed E-state index contributed by atoms with van der Waals surface area (Å²) >= 11 is 0. The molecule has 1 saturated heterocycles. The first-order valence-corrected chi connectivity index (χ1v) is 6.19. The van der Waals surface area contributed by atoms with Gasteiger partial charge in [0.1, 0.15) is 0 Å². The van der Waals surface area contributed by atoms with Gasteiger partial charge in [-0.1, -0.05) is 6.92 Å². The summed E-state index contributed by atoms with van der Waals surface area (Å²) in [5.74, 6) is -4.89. The number of carbonyl (C=O) groups is 1. The summed E-state index contributed by atoms with van der Waals surface area (Å²) in [5, 5.41) is 0. The average molecular weight is 272 g/mol. The number of hydrogen-bond donors (Lipinski definition) is 0. The first-order chi connectivity index (χ1) is 9.04. The van der Waals surface area contributed by atoms with E-state index in [2.05, 4.69) is 4.90 Å². The van der Waals surface area contributed by atoms with Gasteiger partial charge in [0, 0.05) is 26.2 Å². The Labute approximate surface area is 109 Å². The van der Waals surface area contributed by atoms with Crippen molar-refractivity contribution in [1.82, 2.24) is 9.80 Å². The fourth-order valence-electron chi connectivity index (χ4n) is 2.13. The molecule has 0 unspecified atom stereocenters. The van der Waals surface area contributed by atoms with E-state index in [-0.39, 0.29) is 0 Å². The van der Waals surface area contributed by atoms with Crippen molar-refractivity contribution in [2.24, 2.45) is 0 Å². The number of nitrogens with zero attached hydrogens (tertiary/aromatic N) is 2. The van der Waals surface area contributed by atoms with Crippen molar-refractivity contribution in [3.8, 4) is 0 Å². The van der Waals surface area contributed by atoms with Crippen LogP contribution in [0.25, 0.3) is 0 Å². The molecule has 0 aromatic heterocycles. The number of benzene rings is 1. The SMILES string of the molecule is CCN1CCN(C(=O)c2ccc(F)c(F)c2F)CC1. The fraction of sp³-hybridized carbons (Fsp3) is 0.462. The molecule has 0 saturated carbocycles. The third-order valence-electron chi connectivity index (χ3n) is 3.37. The number of amides is 1. The molecule has 19 heavy (non-hydrogen) atoms. The summed E-state index contributed by atoms with van der Waals surface area (Å²) in [7, 11) is 0. The van der Waals surface area contributed by atoms with Gasteiger partial charge < -0.3 is 9.80 Å². The Morgan fingerprint density at radius 1 is 1.11 bits per heavy atom. The molecule has 0 aliphatic carbocycles. The lowest BCUT2D eigenvalue weighted by molar-refractivity contribution is 0.0637. The van der Waals surface area contributed by atoms with Gasteiger partial charge in [-0.2, -0.15) is 0 Å². The molecule has 1 fully saturated rings. The largest absolute Gasteiger partial charge is 0.336 e. The summed E-state index contributed by atoms with van der Waals surface area (Å²) in [4.78, 5) is 15.7. The molecule has 1 aliphatic rings. The zero-order valence-electron chi connectivity index (χ0n) is 10.6. The van der Waals surface area contributed by atoms with Gasteiger partial charge >= 0.3 is 0 Å². The molecule has 104 valence electrons. The monoisotopic (exact) mass is 272 g/mol. The van der Waals surface area contributed by atoms with Gasteiger partial charge in [0.2, 0.25) is 0 Å². The molecule has 3 nitrogen and oxygen atoms in total. The second-order valence-electron chi connectivity index (χ2n) is 4.45. The van der Waals surface area contributed by atoms with E-state index in [9.17, 15) is 18.0 Å². The summed E-state index contributed by atoms with van der Waals surface area (Å²) in [6, 6.07) is 1.76. The maximum atomic E-state index is 13.5. The molecule has 1 heterocycles. The van der Waals surface area contributed by atoms with Crippen molar-refractivity contribution in [2.45, 2.75) is 6.92 Å². The Morgan fingerprint density at radius 3 is 2.32 bits per heavy atom. The first kappa shape index (κ1) is 13.9. The van der Waals surface area contributed by atoms with Crippen LogP contribution in [0.5, 0.6) is 0 Å². The zero-order valence-corrected chi connectivity index (χ0v) is 10.6. The van der Waals surface area contributed by atoms with Crippen molar-refractivity contribution in [3.63, 3.8) is 0 Å². The van der Waals surface area contributed by atoms with Gasteiger partial charge in [0.15, 0.2) is 17.5 Å². The Balaban J connectivity index is 2.15. The lowest BCUT2D eigenvalue weighted by atomic mass is 10.1. The normalized spacial score (nSPS) is 16.7. The third kappa shape index (κ3) is 2.73. The molecule has 0 atom stereocenters. The number of carbonyl (C=O) groups excluding carboxylic acids is 1. The Morgan fingerprint density at radius 2 is 1.74 bits per heavy atom. The highest BCUT2D eigenvalue weighted by molar-refractivity contribution is 5.94. The maximum Gasteiger partial charge on any atom is 0.257 e. The lowest BCUT2D eigenvalue weighted by Gasteiger charge is -2.34.